The number of rotatable bonds is 20. The van der Waals surface area contributed by atoms with Crippen LogP contribution in [0.1, 0.15) is 56.9 Å². The molecule has 4 fully saturated rings. The molecule has 0 saturated carbocycles. The fourth-order valence-corrected chi connectivity index (χ4v) is 16.5. The van der Waals surface area contributed by atoms with Crippen LogP contribution in [0.5, 0.6) is 0 Å². The number of morpholine rings is 4. The van der Waals surface area contributed by atoms with Crippen LogP contribution in [0.4, 0.5) is 69.2 Å². The van der Waals surface area contributed by atoms with Gasteiger partial charge in [-0.3, -0.25) is 10.2 Å². The molecular weight excluding hydrogens is 2110 g/mol. The molecule has 0 amide bonds. The van der Waals surface area contributed by atoms with Crippen LogP contribution >= 0.6 is 92.2 Å². The molecule has 39 nitrogen and oxygen atoms in total. The second-order valence-corrected chi connectivity index (χ2v) is 35.4. The summed E-state index contributed by atoms with van der Waals surface area (Å²) in [5.41, 5.74) is 26.6. The van der Waals surface area contributed by atoms with Crippen molar-refractivity contribution in [3.63, 3.8) is 0 Å². The lowest BCUT2D eigenvalue weighted by Crippen LogP contribution is -2.36. The van der Waals surface area contributed by atoms with Gasteiger partial charge < -0.3 is 76.0 Å². The number of benzene rings is 6. The van der Waals surface area contributed by atoms with E-state index >= 15 is 0 Å². The molecule has 0 unspecified atom stereocenters. The maximum Gasteiger partial charge on any atom is 0.489 e. The highest BCUT2D eigenvalue weighted by Crippen LogP contribution is 2.31. The Bertz CT molecular complexity index is 6950. The number of nitrogen functional groups attached to an aromatic ring is 2. The standard InChI is InChI=1S/C27H26N8O.C19H19ClN6O.C19H19IN6O.C10H14N2O.C9H6Cl2N4.C8H9BN2O2.C4H2Cl2N2.C4H4ClN3/c1-18-26-21(3-2-4-22(26)34-33-18)27-29-12-10-24(32-27)30-23-9-11-28-25(31-23)17-19-5-7-20(8-6-19)35-13-15-36-16-14-35;2*20-19-22-8-6-17(25-19)23-16-5-7-21-18(24-16)13-14-1-3-15(4-2-14)26-9-11-27-12-10-26;11-9-1-3-10(4-2-9)12-5-7-13-8-6-12;10-8-12-3-1-6(14-8)5-7-2-4-13-9(11)15-7;1-5-8-6(9(12)13)3-2-4-7(8)11-10-5;5-3-1-2-7-4(6)8-3;5-4-7-2-1-3(6)8-4/h2-12H,13-17H2,1H3,(H,33,34)(H,28,29,30,31,32);2*1-8H,9-13H2,(H,21,22,23,24,25);1-4H,5-8,11H2;1-4H,5H2;2-4,12-13H,1H3,(H,10,11);1-2H;1-2H,(H2,6,7,8). The molecule has 0 radical (unpaired) electrons. The number of ether oxygens (including phenoxy) is 4. The number of aromatic amines is 2. The van der Waals surface area contributed by atoms with Crippen LogP contribution in [-0.4, -0.2) is 242 Å². The minimum absolute atomic E-state index is 0.178. The van der Waals surface area contributed by atoms with E-state index in [9.17, 15) is 0 Å². The third-order valence-electron chi connectivity index (χ3n) is 22.1. The molecular formula is C100H99BCl6IN33O6. The Balaban J connectivity index is 0.000000132. The van der Waals surface area contributed by atoms with Gasteiger partial charge in [-0.2, -0.15) is 10.2 Å². The first-order chi connectivity index (χ1) is 71.6. The smallest absolute Gasteiger partial charge is 0.423 e. The highest BCUT2D eigenvalue weighted by atomic mass is 127. The fraction of sp³-hybridized carbons (Fsp3) is 0.220. The average molecular weight is 2210 g/mol. The normalized spacial score (nSPS) is 13.1. The van der Waals surface area contributed by atoms with Crippen molar-refractivity contribution >= 4 is 196 Å². The number of hydrogen-bond donors (Lipinski definition) is 9. The Labute approximate surface area is 889 Å². The monoisotopic (exact) mass is 2210 g/mol. The largest absolute Gasteiger partial charge is 0.489 e. The summed E-state index contributed by atoms with van der Waals surface area (Å²) >= 11 is 35.3. The second-order valence-electron chi connectivity index (χ2n) is 32.4. The molecule has 12 aromatic heterocycles. The van der Waals surface area contributed by atoms with Gasteiger partial charge in [-0.15, -0.1) is 0 Å². The van der Waals surface area contributed by atoms with Crippen LogP contribution in [0.2, 0.25) is 31.6 Å². The highest BCUT2D eigenvalue weighted by molar-refractivity contribution is 14.1. The summed E-state index contributed by atoms with van der Waals surface area (Å²) in [5.74, 6) is 7.32. The summed E-state index contributed by atoms with van der Waals surface area (Å²) in [7, 11) is -1.44. The van der Waals surface area contributed by atoms with Gasteiger partial charge in [0.15, 0.2) is 9.66 Å². The van der Waals surface area contributed by atoms with Crippen LogP contribution in [0.3, 0.4) is 0 Å². The molecule has 4 saturated heterocycles. The maximum absolute atomic E-state index is 9.08. The zero-order valence-corrected chi connectivity index (χ0v) is 86.1. The van der Waals surface area contributed by atoms with E-state index in [2.05, 4.69) is 253 Å². The van der Waals surface area contributed by atoms with Crippen molar-refractivity contribution in [3.05, 3.63) is 348 Å². The zero-order chi connectivity index (χ0) is 102. The van der Waals surface area contributed by atoms with Crippen LogP contribution in [0, 0.1) is 17.7 Å². The van der Waals surface area contributed by atoms with Gasteiger partial charge in [-0.25, -0.2) is 99.7 Å². The van der Waals surface area contributed by atoms with Gasteiger partial charge in [0.2, 0.25) is 26.4 Å². The van der Waals surface area contributed by atoms with E-state index in [1.165, 1.54) is 40.7 Å². The van der Waals surface area contributed by atoms with Crippen LogP contribution in [0.25, 0.3) is 33.2 Å². The molecule has 0 bridgehead atoms. The van der Waals surface area contributed by atoms with Gasteiger partial charge in [0.1, 0.15) is 63.4 Å². The number of H-pyrrole nitrogens is 2. The van der Waals surface area contributed by atoms with Crippen molar-refractivity contribution in [3.8, 4) is 11.4 Å². The predicted molar refractivity (Wildman–Crippen MR) is 581 cm³/mol. The average Bonchev–Trinajstić information content (AvgIpc) is 1.67. The van der Waals surface area contributed by atoms with Gasteiger partial charge in [0.25, 0.3) is 0 Å². The quantitative estimate of drug-likeness (QED) is 0.0112. The van der Waals surface area contributed by atoms with Gasteiger partial charge in [0.05, 0.1) is 75.3 Å². The topological polar surface area (TPSA) is 494 Å². The number of halogens is 7. The molecule has 0 aliphatic carbocycles. The van der Waals surface area contributed by atoms with Crippen molar-refractivity contribution in [1.82, 2.24) is 120 Å². The summed E-state index contributed by atoms with van der Waals surface area (Å²) < 4.78 is 22.2. The molecule has 22 rings (SSSR count). The lowest BCUT2D eigenvalue weighted by Gasteiger charge is -2.28. The number of aromatic nitrogens is 24. The first-order valence-electron chi connectivity index (χ1n) is 46.2. The maximum atomic E-state index is 9.08. The SMILES string of the molecule is Cc1[nH]nc2cccc(-c3nccc(Nc4ccnc(Cc5ccc(N6CCOCC6)cc5)n4)n3)c12.Cc1[nH]nc2cccc(B(O)O)c12.Clc1ccnc(Cl)n1.Clc1nccc(Cc2ccnc(Cl)n2)n1.Clc1nccc(Nc2ccnc(Cc3ccc(N4CCOCC4)cc3)n2)n1.Ic1nccc(Nc2ccnc(Cc3ccc(N4CCOCC4)cc3)n2)n1.Nc1ccc(N2CCOCC2)cc1.Nc1ccnc(Cl)n1. The van der Waals surface area contributed by atoms with Gasteiger partial charge >= 0.3 is 7.12 Å². The Morgan fingerprint density at radius 1 is 0.340 bits per heavy atom. The minimum atomic E-state index is -1.44. The molecule has 0 spiro atoms. The molecule has 11 N–H and O–H groups in total. The van der Waals surface area contributed by atoms with Crippen LogP contribution in [0.15, 0.2) is 256 Å². The van der Waals surface area contributed by atoms with Crippen LogP contribution in [-0.2, 0) is 44.6 Å². The predicted octanol–water partition coefficient (Wildman–Crippen LogP) is 15.7. The number of nitrogens with two attached hydrogens (primary N) is 2. The van der Waals surface area contributed by atoms with Crippen molar-refractivity contribution in [2.75, 3.05) is 152 Å². The zero-order valence-electron chi connectivity index (χ0n) is 79.4. The molecule has 752 valence electrons. The second kappa shape index (κ2) is 55.2. The Morgan fingerprint density at radius 3 is 1.06 bits per heavy atom. The summed E-state index contributed by atoms with van der Waals surface area (Å²) in [4.78, 5) is 92.2. The summed E-state index contributed by atoms with van der Waals surface area (Å²) in [6, 6.07) is 62.5. The van der Waals surface area contributed by atoms with Gasteiger partial charge in [-0.1, -0.05) is 72.3 Å². The van der Waals surface area contributed by atoms with E-state index in [1.54, 1.807) is 98.1 Å². The third-order valence-corrected chi connectivity index (χ3v) is 23.8. The van der Waals surface area contributed by atoms with E-state index < -0.39 is 7.12 Å². The first-order valence-corrected chi connectivity index (χ1v) is 49.5. The Hall–Kier alpha value is -14.4. The van der Waals surface area contributed by atoms with E-state index in [0.29, 0.717) is 80.9 Å². The lowest BCUT2D eigenvalue weighted by atomic mass is 9.78. The molecule has 6 aromatic carbocycles. The number of aryl methyl sites for hydroxylation is 2. The van der Waals surface area contributed by atoms with Crippen molar-refractivity contribution in [1.29, 1.82) is 0 Å². The van der Waals surface area contributed by atoms with Gasteiger partial charge in [-0.05, 0) is 227 Å². The number of fused-ring (bicyclic) bond motifs is 2. The van der Waals surface area contributed by atoms with E-state index in [-0.39, 0.29) is 26.4 Å². The Morgan fingerprint density at radius 2 is 0.680 bits per heavy atom. The highest BCUT2D eigenvalue weighted by Gasteiger charge is 2.21. The summed E-state index contributed by atoms with van der Waals surface area (Å²) in [5, 5.41) is 45.2. The minimum Gasteiger partial charge on any atom is -0.423 e. The number of nitrogens with zero attached hydrogens (tertiary/aromatic N) is 26. The molecule has 147 heavy (non-hydrogen) atoms. The molecule has 4 aliphatic rings. The third kappa shape index (κ3) is 33.8. The summed E-state index contributed by atoms with van der Waals surface area (Å²) in [6.07, 6.45) is 19.1. The molecule has 0 atom stereocenters. The van der Waals surface area contributed by atoms with Gasteiger partial charge in [0, 0.05) is 219 Å². The van der Waals surface area contributed by atoms with Crippen molar-refractivity contribution in [2.45, 2.75) is 39.5 Å². The van der Waals surface area contributed by atoms with E-state index in [0.717, 1.165) is 195 Å². The molecule has 47 heteroatoms. The fourth-order valence-electron chi connectivity index (χ4n) is 15.1. The van der Waals surface area contributed by atoms with E-state index in [1.807, 2.05) is 74.5 Å². The molecule has 18 aromatic rings. The van der Waals surface area contributed by atoms with Crippen LogP contribution < -0.4 is 52.5 Å². The number of nitrogens with one attached hydrogen (secondary N) is 5. The first kappa shape index (κ1) is 107. The number of hydrogen-bond acceptors (Lipinski definition) is 37. The lowest BCUT2D eigenvalue weighted by molar-refractivity contribution is 0.122. The van der Waals surface area contributed by atoms with Crippen molar-refractivity contribution < 1.29 is 29.0 Å². The van der Waals surface area contributed by atoms with Crippen molar-refractivity contribution in [2.24, 2.45) is 0 Å². The Kier molecular flexibility index (Phi) is 40.1. The molecule has 4 aliphatic heterocycles. The summed E-state index contributed by atoms with van der Waals surface area (Å²) in [6.45, 7) is 17.8. The molecule has 16 heterocycles. The number of anilines is 12. The van der Waals surface area contributed by atoms with E-state index in [4.69, 9.17) is 120 Å².